The van der Waals surface area contributed by atoms with E-state index in [1.54, 1.807) is 0 Å². The molecule has 1 saturated heterocycles. The van der Waals surface area contributed by atoms with Gasteiger partial charge < -0.3 is 15.7 Å². The third-order valence-corrected chi connectivity index (χ3v) is 4.77. The number of carbonyl (C=O) groups excluding carboxylic acids is 2. The number of hydrogen-bond donors (Lipinski definition) is 3. The van der Waals surface area contributed by atoms with Crippen LogP contribution in [-0.4, -0.2) is 42.1 Å². The van der Waals surface area contributed by atoms with Gasteiger partial charge in [0.2, 0.25) is 0 Å². The molecule has 1 heterocycles. The predicted octanol–water partition coefficient (Wildman–Crippen LogP) is 1.73. The maximum absolute atomic E-state index is 14.1. The lowest BCUT2D eigenvalue weighted by Gasteiger charge is -2.27. The third-order valence-electron chi connectivity index (χ3n) is 4.77. The zero-order valence-electron chi connectivity index (χ0n) is 13.6. The Hall–Kier alpha value is -2.64. The van der Waals surface area contributed by atoms with Crippen molar-refractivity contribution in [2.75, 3.05) is 18.0 Å². The number of amides is 3. The standard InChI is InChI=1S/C17H20FN3O4/c18-14-6-5-12(21-8-7-19-17(21)25)9-13(14)15(22)20-11-3-1-10(2-4-11)16(23)24/h5-6,9-11H,1-4,7-8H2,(H,19,25)(H,20,22)(H,23,24). The number of benzene rings is 1. The number of carboxylic acid groups (broad SMARTS) is 1. The summed E-state index contributed by atoms with van der Waals surface area (Å²) in [5.41, 5.74) is 0.355. The van der Waals surface area contributed by atoms with E-state index in [9.17, 15) is 18.8 Å². The molecule has 0 aromatic heterocycles. The molecule has 0 unspecified atom stereocenters. The van der Waals surface area contributed by atoms with E-state index in [2.05, 4.69) is 10.6 Å². The van der Waals surface area contributed by atoms with Crippen molar-refractivity contribution in [2.45, 2.75) is 31.7 Å². The van der Waals surface area contributed by atoms with Crippen molar-refractivity contribution in [1.82, 2.24) is 10.6 Å². The maximum atomic E-state index is 14.1. The van der Waals surface area contributed by atoms with Crippen LogP contribution in [0.4, 0.5) is 14.9 Å². The molecule has 2 aliphatic rings. The van der Waals surface area contributed by atoms with Crippen molar-refractivity contribution < 1.29 is 23.9 Å². The Balaban J connectivity index is 1.68. The van der Waals surface area contributed by atoms with E-state index in [1.165, 1.54) is 23.1 Å². The van der Waals surface area contributed by atoms with Crippen molar-refractivity contribution in [3.05, 3.63) is 29.6 Å². The minimum atomic E-state index is -0.813. The lowest BCUT2D eigenvalue weighted by molar-refractivity contribution is -0.142. The Morgan fingerprint density at radius 2 is 1.96 bits per heavy atom. The molecular formula is C17H20FN3O4. The van der Waals surface area contributed by atoms with E-state index in [4.69, 9.17) is 5.11 Å². The van der Waals surface area contributed by atoms with Crippen LogP contribution in [0.15, 0.2) is 18.2 Å². The molecule has 7 nitrogen and oxygen atoms in total. The number of carbonyl (C=O) groups is 3. The zero-order valence-corrected chi connectivity index (χ0v) is 13.6. The summed E-state index contributed by atoms with van der Waals surface area (Å²) in [6.45, 7) is 0.968. The van der Waals surface area contributed by atoms with Crippen LogP contribution in [0.1, 0.15) is 36.0 Å². The number of carboxylic acids is 1. The van der Waals surface area contributed by atoms with Gasteiger partial charge in [-0.15, -0.1) is 0 Å². The van der Waals surface area contributed by atoms with Crippen molar-refractivity contribution >= 4 is 23.6 Å². The first kappa shape index (κ1) is 17.2. The highest BCUT2D eigenvalue weighted by Crippen LogP contribution is 2.25. The van der Waals surface area contributed by atoms with E-state index < -0.39 is 17.7 Å². The van der Waals surface area contributed by atoms with Crippen molar-refractivity contribution in [3.63, 3.8) is 0 Å². The number of anilines is 1. The van der Waals surface area contributed by atoms with Crippen LogP contribution in [0.5, 0.6) is 0 Å². The Bertz CT molecular complexity index is 701. The van der Waals surface area contributed by atoms with E-state index >= 15 is 0 Å². The van der Waals surface area contributed by atoms with E-state index in [-0.39, 0.29) is 23.6 Å². The quantitative estimate of drug-likeness (QED) is 0.771. The first-order valence-electron chi connectivity index (χ1n) is 8.34. The van der Waals surface area contributed by atoms with Crippen LogP contribution >= 0.6 is 0 Å². The lowest BCUT2D eigenvalue weighted by atomic mass is 9.86. The Morgan fingerprint density at radius 1 is 1.24 bits per heavy atom. The van der Waals surface area contributed by atoms with Gasteiger partial charge >= 0.3 is 12.0 Å². The normalized spacial score (nSPS) is 23.2. The fraction of sp³-hybridized carbons (Fsp3) is 0.471. The smallest absolute Gasteiger partial charge is 0.321 e. The van der Waals surface area contributed by atoms with Crippen LogP contribution in [0.25, 0.3) is 0 Å². The van der Waals surface area contributed by atoms with Gasteiger partial charge in [-0.05, 0) is 43.9 Å². The molecule has 1 aliphatic heterocycles. The molecule has 3 rings (SSSR count). The van der Waals surface area contributed by atoms with Crippen LogP contribution in [-0.2, 0) is 4.79 Å². The van der Waals surface area contributed by atoms with Crippen LogP contribution in [0, 0.1) is 11.7 Å². The van der Waals surface area contributed by atoms with Gasteiger partial charge in [-0.3, -0.25) is 14.5 Å². The Morgan fingerprint density at radius 3 is 2.56 bits per heavy atom. The van der Waals surface area contributed by atoms with Crippen LogP contribution in [0.2, 0.25) is 0 Å². The number of nitrogens with one attached hydrogen (secondary N) is 2. The summed E-state index contributed by atoms with van der Waals surface area (Å²) in [5, 5.41) is 14.4. The summed E-state index contributed by atoms with van der Waals surface area (Å²) in [6.07, 6.45) is 2.10. The summed E-state index contributed by atoms with van der Waals surface area (Å²) in [5.74, 6) is -2.38. The second kappa shape index (κ2) is 7.08. The van der Waals surface area contributed by atoms with Crippen molar-refractivity contribution in [2.24, 2.45) is 5.92 Å². The average molecular weight is 349 g/mol. The molecule has 0 radical (unpaired) electrons. The largest absolute Gasteiger partial charge is 0.481 e. The first-order chi connectivity index (χ1) is 12.0. The highest BCUT2D eigenvalue weighted by molar-refractivity contribution is 5.98. The molecule has 0 spiro atoms. The van der Waals surface area contributed by atoms with Gasteiger partial charge in [0, 0.05) is 24.8 Å². The molecule has 8 heteroatoms. The highest BCUT2D eigenvalue weighted by atomic mass is 19.1. The molecule has 25 heavy (non-hydrogen) atoms. The molecule has 1 aromatic rings. The van der Waals surface area contributed by atoms with Crippen LogP contribution in [0.3, 0.4) is 0 Å². The van der Waals surface area contributed by atoms with Crippen molar-refractivity contribution in [1.29, 1.82) is 0 Å². The van der Waals surface area contributed by atoms with Crippen molar-refractivity contribution in [3.8, 4) is 0 Å². The monoisotopic (exact) mass is 349 g/mol. The highest BCUT2D eigenvalue weighted by Gasteiger charge is 2.28. The van der Waals surface area contributed by atoms with Gasteiger partial charge in [0.25, 0.3) is 5.91 Å². The molecule has 1 saturated carbocycles. The fourth-order valence-corrected chi connectivity index (χ4v) is 3.32. The lowest BCUT2D eigenvalue weighted by Crippen LogP contribution is -2.39. The number of aliphatic carboxylic acids is 1. The second-order valence-corrected chi connectivity index (χ2v) is 6.41. The molecular weight excluding hydrogens is 329 g/mol. The predicted molar refractivity (Wildman–Crippen MR) is 88.0 cm³/mol. The first-order valence-corrected chi connectivity index (χ1v) is 8.34. The summed E-state index contributed by atoms with van der Waals surface area (Å²) in [6, 6.07) is 3.58. The summed E-state index contributed by atoms with van der Waals surface area (Å²) >= 11 is 0. The van der Waals surface area contributed by atoms with Gasteiger partial charge in [-0.2, -0.15) is 0 Å². The third kappa shape index (κ3) is 3.72. The summed E-state index contributed by atoms with van der Waals surface area (Å²) in [7, 11) is 0. The van der Waals surface area contributed by atoms with Gasteiger partial charge in [0.1, 0.15) is 5.82 Å². The van der Waals surface area contributed by atoms with Crippen LogP contribution < -0.4 is 15.5 Å². The van der Waals surface area contributed by atoms with Gasteiger partial charge in [-0.1, -0.05) is 0 Å². The topological polar surface area (TPSA) is 98.7 Å². The number of urea groups is 1. The minimum absolute atomic E-state index is 0.113. The van der Waals surface area contributed by atoms with E-state index in [0.717, 1.165) is 0 Å². The summed E-state index contributed by atoms with van der Waals surface area (Å²) < 4.78 is 14.1. The fourth-order valence-electron chi connectivity index (χ4n) is 3.32. The number of nitrogens with zero attached hydrogens (tertiary/aromatic N) is 1. The van der Waals surface area contributed by atoms with Gasteiger partial charge in [-0.25, -0.2) is 9.18 Å². The Kier molecular flexibility index (Phi) is 4.87. The maximum Gasteiger partial charge on any atom is 0.321 e. The number of hydrogen-bond acceptors (Lipinski definition) is 3. The van der Waals surface area contributed by atoms with E-state index in [1.807, 2.05) is 0 Å². The number of halogens is 1. The molecule has 0 atom stereocenters. The molecule has 134 valence electrons. The molecule has 3 amide bonds. The zero-order chi connectivity index (χ0) is 18.0. The molecule has 2 fully saturated rings. The van der Waals surface area contributed by atoms with Gasteiger partial charge in [0.15, 0.2) is 0 Å². The Labute approximate surface area is 144 Å². The SMILES string of the molecule is O=C(NC1CCC(C(=O)O)CC1)c1cc(N2CCNC2=O)ccc1F. The van der Waals surface area contributed by atoms with Gasteiger partial charge in [0.05, 0.1) is 11.5 Å². The van der Waals surface area contributed by atoms with E-state index in [0.29, 0.717) is 44.5 Å². The average Bonchev–Trinajstić information content (AvgIpc) is 3.02. The molecule has 0 bridgehead atoms. The molecule has 1 aliphatic carbocycles. The summed E-state index contributed by atoms with van der Waals surface area (Å²) in [4.78, 5) is 36.5. The number of rotatable bonds is 4. The minimum Gasteiger partial charge on any atom is -0.481 e. The molecule has 1 aromatic carbocycles. The molecule has 3 N–H and O–H groups in total. The second-order valence-electron chi connectivity index (χ2n) is 6.41.